The molecule has 3 heteroatoms. The molecule has 3 aliphatic heterocycles. The van der Waals surface area contributed by atoms with E-state index in [2.05, 4.69) is 55.3 Å². The molecule has 1 aliphatic carbocycles. The van der Waals surface area contributed by atoms with Crippen LogP contribution in [0.25, 0.3) is 0 Å². The van der Waals surface area contributed by atoms with Crippen LogP contribution in [0.4, 0.5) is 0 Å². The van der Waals surface area contributed by atoms with Crippen molar-refractivity contribution in [1.82, 2.24) is 10.2 Å². The molecule has 136 valence electrons. The van der Waals surface area contributed by atoms with Crippen molar-refractivity contribution in [2.24, 2.45) is 17.8 Å². The quantitative estimate of drug-likeness (QED) is 0.888. The fraction of sp³-hybridized carbons (Fsp3) is 0.682. The molecule has 1 aromatic carbocycles. The van der Waals surface area contributed by atoms with Crippen molar-refractivity contribution in [3.05, 3.63) is 35.9 Å². The fourth-order valence-corrected chi connectivity index (χ4v) is 5.71. The predicted octanol–water partition coefficient (Wildman–Crippen LogP) is 3.63. The van der Waals surface area contributed by atoms with Crippen LogP contribution in [0, 0.1) is 17.8 Å². The van der Waals surface area contributed by atoms with Gasteiger partial charge in [-0.05, 0) is 69.8 Å². The molecule has 1 aromatic rings. The summed E-state index contributed by atoms with van der Waals surface area (Å²) < 4.78 is 0. The number of nitrogens with one attached hydrogen (secondary N) is 1. The monoisotopic (exact) mass is 340 g/mol. The number of carbonyl (C=O) groups is 1. The Morgan fingerprint density at radius 3 is 2.32 bits per heavy atom. The number of amides is 1. The van der Waals surface area contributed by atoms with E-state index in [-0.39, 0.29) is 11.4 Å². The number of carbonyl (C=O) groups excluding carboxylic acids is 1. The molecule has 1 saturated carbocycles. The summed E-state index contributed by atoms with van der Waals surface area (Å²) in [6.07, 6.45) is 5.12. The second-order valence-electron chi connectivity index (χ2n) is 9.29. The average Bonchev–Trinajstić information content (AvgIpc) is 2.54. The lowest BCUT2D eigenvalue weighted by Crippen LogP contribution is -2.75. The van der Waals surface area contributed by atoms with Crippen molar-refractivity contribution in [3.63, 3.8) is 0 Å². The molecule has 3 nitrogen and oxygen atoms in total. The number of hydrogen-bond acceptors (Lipinski definition) is 2. The molecule has 3 heterocycles. The Kier molecular flexibility index (Phi) is 4.18. The van der Waals surface area contributed by atoms with Gasteiger partial charge in [0.2, 0.25) is 5.91 Å². The summed E-state index contributed by atoms with van der Waals surface area (Å²) in [5.41, 5.74) is 1.69. The first-order valence-corrected chi connectivity index (χ1v) is 9.99. The molecule has 4 bridgehead atoms. The van der Waals surface area contributed by atoms with Gasteiger partial charge < -0.3 is 5.32 Å². The number of hydrogen-bond donors (Lipinski definition) is 1. The number of nitrogens with zero attached hydrogens (tertiary/aromatic N) is 1. The van der Waals surface area contributed by atoms with Crippen molar-refractivity contribution in [2.75, 3.05) is 13.1 Å². The van der Waals surface area contributed by atoms with E-state index in [1.807, 2.05) is 6.07 Å². The third kappa shape index (κ3) is 2.91. The first-order chi connectivity index (χ1) is 11.9. The van der Waals surface area contributed by atoms with Crippen LogP contribution in [0.5, 0.6) is 0 Å². The lowest BCUT2D eigenvalue weighted by atomic mass is 9.53. The van der Waals surface area contributed by atoms with E-state index in [1.54, 1.807) is 0 Å². The zero-order valence-corrected chi connectivity index (χ0v) is 15.9. The van der Waals surface area contributed by atoms with Crippen LogP contribution in [-0.4, -0.2) is 35.0 Å². The van der Waals surface area contributed by atoms with Gasteiger partial charge in [0.25, 0.3) is 0 Å². The molecule has 2 atom stereocenters. The van der Waals surface area contributed by atoms with Gasteiger partial charge in [-0.2, -0.15) is 0 Å². The summed E-state index contributed by atoms with van der Waals surface area (Å²) in [4.78, 5) is 15.3. The molecular weight excluding hydrogens is 308 g/mol. The van der Waals surface area contributed by atoms with Crippen LogP contribution in [0.2, 0.25) is 0 Å². The highest BCUT2D eigenvalue weighted by Crippen LogP contribution is 2.55. The number of piperidine rings is 3. The van der Waals surface area contributed by atoms with E-state index in [4.69, 9.17) is 0 Å². The third-order valence-electron chi connectivity index (χ3n) is 7.65. The van der Waals surface area contributed by atoms with Gasteiger partial charge in [0, 0.05) is 30.6 Å². The van der Waals surface area contributed by atoms with Gasteiger partial charge in [0.15, 0.2) is 0 Å². The van der Waals surface area contributed by atoms with Gasteiger partial charge in [-0.3, -0.25) is 9.69 Å². The Hall–Kier alpha value is -1.35. The normalized spacial score (nSPS) is 37.9. The minimum absolute atomic E-state index is 0.00727. The second kappa shape index (κ2) is 6.12. The van der Waals surface area contributed by atoms with Crippen LogP contribution in [-0.2, 0) is 11.2 Å². The summed E-state index contributed by atoms with van der Waals surface area (Å²) in [7, 11) is 0. The highest BCUT2D eigenvalue weighted by molar-refractivity contribution is 5.77. The zero-order valence-electron chi connectivity index (χ0n) is 15.9. The maximum absolute atomic E-state index is 12.6. The Morgan fingerprint density at radius 2 is 1.72 bits per heavy atom. The highest BCUT2D eigenvalue weighted by Gasteiger charge is 2.60. The van der Waals surface area contributed by atoms with E-state index < -0.39 is 0 Å². The van der Waals surface area contributed by atoms with Crippen molar-refractivity contribution in [1.29, 1.82) is 0 Å². The maximum atomic E-state index is 12.6. The Balaban J connectivity index is 1.34. The first-order valence-electron chi connectivity index (χ1n) is 9.99. The molecule has 1 N–H and O–H groups in total. The van der Waals surface area contributed by atoms with Crippen molar-refractivity contribution < 1.29 is 4.79 Å². The minimum atomic E-state index is 0.00727. The Labute approximate surface area is 152 Å². The van der Waals surface area contributed by atoms with Crippen LogP contribution >= 0.6 is 0 Å². The van der Waals surface area contributed by atoms with Gasteiger partial charge in [0.05, 0.1) is 0 Å². The molecule has 0 aromatic heterocycles. The smallest absolute Gasteiger partial charge is 0.220 e. The van der Waals surface area contributed by atoms with Gasteiger partial charge in [-0.15, -0.1) is 0 Å². The molecule has 0 radical (unpaired) electrons. The molecule has 4 fully saturated rings. The van der Waals surface area contributed by atoms with Crippen LogP contribution in [0.3, 0.4) is 0 Å². The predicted molar refractivity (Wildman–Crippen MR) is 101 cm³/mol. The molecule has 25 heavy (non-hydrogen) atoms. The summed E-state index contributed by atoms with van der Waals surface area (Å²) in [6, 6.07) is 10.5. The van der Waals surface area contributed by atoms with E-state index in [1.165, 1.54) is 18.4 Å². The van der Waals surface area contributed by atoms with Gasteiger partial charge in [0.1, 0.15) is 0 Å². The molecule has 2 unspecified atom stereocenters. The molecular formula is C22H32N2O. The fourth-order valence-electron chi connectivity index (χ4n) is 5.71. The largest absolute Gasteiger partial charge is 0.350 e. The highest BCUT2D eigenvalue weighted by atomic mass is 16.1. The van der Waals surface area contributed by atoms with Crippen molar-refractivity contribution in [2.45, 2.75) is 64.0 Å². The maximum Gasteiger partial charge on any atom is 0.220 e. The lowest BCUT2D eigenvalue weighted by molar-refractivity contribution is -0.161. The van der Waals surface area contributed by atoms with E-state index in [0.29, 0.717) is 23.8 Å². The lowest BCUT2D eigenvalue weighted by Gasteiger charge is -2.67. The van der Waals surface area contributed by atoms with E-state index in [0.717, 1.165) is 31.8 Å². The topological polar surface area (TPSA) is 32.3 Å². The molecule has 3 saturated heterocycles. The summed E-state index contributed by atoms with van der Waals surface area (Å²) in [5.74, 6) is 2.29. The summed E-state index contributed by atoms with van der Waals surface area (Å²) in [6.45, 7) is 9.45. The summed E-state index contributed by atoms with van der Waals surface area (Å²) in [5, 5.41) is 3.49. The van der Waals surface area contributed by atoms with Crippen LogP contribution in [0.15, 0.2) is 30.3 Å². The summed E-state index contributed by atoms with van der Waals surface area (Å²) >= 11 is 0. The number of benzene rings is 1. The average molecular weight is 341 g/mol. The van der Waals surface area contributed by atoms with Crippen LogP contribution in [0.1, 0.15) is 52.0 Å². The molecule has 0 spiro atoms. The molecule has 4 aliphatic rings. The van der Waals surface area contributed by atoms with Crippen molar-refractivity contribution >= 4 is 5.91 Å². The first kappa shape index (κ1) is 17.1. The third-order valence-corrected chi connectivity index (χ3v) is 7.65. The van der Waals surface area contributed by atoms with Crippen molar-refractivity contribution in [3.8, 4) is 0 Å². The van der Waals surface area contributed by atoms with Gasteiger partial charge >= 0.3 is 0 Å². The molecule has 1 amide bonds. The zero-order chi connectivity index (χ0) is 17.7. The van der Waals surface area contributed by atoms with Crippen LogP contribution < -0.4 is 5.32 Å². The van der Waals surface area contributed by atoms with E-state index >= 15 is 0 Å². The number of rotatable bonds is 5. The van der Waals surface area contributed by atoms with E-state index in [9.17, 15) is 4.79 Å². The van der Waals surface area contributed by atoms with Gasteiger partial charge in [-0.1, -0.05) is 30.3 Å². The Bertz CT molecular complexity index is 605. The number of aryl methyl sites for hydroxylation is 1. The standard InChI is InChI=1S/C22H32N2O/c1-21(2)17-12-18-14-24(21)15-19(13-17)22(18,3)23-20(25)11-7-10-16-8-5-4-6-9-16/h4-6,8-9,17-19H,7,10-15H2,1-3H3,(H,23,25). The van der Waals surface area contributed by atoms with Gasteiger partial charge in [-0.25, -0.2) is 0 Å². The molecule has 5 rings (SSSR count). The Morgan fingerprint density at radius 1 is 1.08 bits per heavy atom. The SMILES string of the molecule is CC1(NC(=O)CCCc2ccccc2)C2CC3CC1CN(C2)C3(C)C. The second-order valence-corrected chi connectivity index (χ2v) is 9.29. The minimum Gasteiger partial charge on any atom is -0.350 e.